The largest absolute Gasteiger partial charge is 0.488 e. The van der Waals surface area contributed by atoms with Crippen LogP contribution in [0.3, 0.4) is 0 Å². The fourth-order valence-electron chi connectivity index (χ4n) is 7.19. The molecular formula is C34H38BrN7O5. The van der Waals surface area contributed by atoms with Crippen LogP contribution in [0.25, 0.3) is 0 Å². The third kappa shape index (κ3) is 6.56. The van der Waals surface area contributed by atoms with E-state index >= 15 is 0 Å². The molecule has 3 saturated heterocycles. The van der Waals surface area contributed by atoms with Crippen molar-refractivity contribution in [3.63, 3.8) is 0 Å². The van der Waals surface area contributed by atoms with Gasteiger partial charge in [-0.05, 0) is 76.6 Å². The van der Waals surface area contributed by atoms with E-state index in [9.17, 15) is 19.2 Å². The van der Waals surface area contributed by atoms with E-state index in [2.05, 4.69) is 72.8 Å². The summed E-state index contributed by atoms with van der Waals surface area (Å²) in [5.41, 5.74) is 4.56. The first-order chi connectivity index (χ1) is 22.6. The Balaban J connectivity index is 0.898. The van der Waals surface area contributed by atoms with Gasteiger partial charge in [0.05, 0.1) is 11.9 Å². The predicted molar refractivity (Wildman–Crippen MR) is 178 cm³/mol. The number of anilines is 1. The molecule has 0 spiro atoms. The Morgan fingerprint density at radius 1 is 1.02 bits per heavy atom. The van der Waals surface area contributed by atoms with Crippen LogP contribution in [0.5, 0.6) is 5.75 Å². The molecule has 2 N–H and O–H groups in total. The minimum Gasteiger partial charge on any atom is -0.488 e. The van der Waals surface area contributed by atoms with Gasteiger partial charge in [-0.2, -0.15) is 5.10 Å². The van der Waals surface area contributed by atoms with Crippen molar-refractivity contribution in [3.05, 3.63) is 85.7 Å². The maximum Gasteiger partial charge on any atom is 0.282 e. The number of rotatable bonds is 8. The number of hydrogen-bond donors (Lipinski definition) is 2. The highest BCUT2D eigenvalue weighted by Gasteiger charge is 2.39. The van der Waals surface area contributed by atoms with Gasteiger partial charge in [0.1, 0.15) is 22.4 Å². The number of likely N-dealkylation sites (tertiary alicyclic amines) is 2. The van der Waals surface area contributed by atoms with Gasteiger partial charge < -0.3 is 19.9 Å². The monoisotopic (exact) mass is 703 g/mol. The lowest BCUT2D eigenvalue weighted by Gasteiger charge is -2.39. The number of carbonyl (C=O) groups is 3. The standard InChI is InChI=1S/C34H38BrN7O5/c1-39-15-22(11-24(17-39)37-28-13-36-40(2)34(46)31(28)35)21-5-3-20(4-6-21)14-41-18-26(19-41)47-25-7-8-27-23(12-25)16-42(33(27)45)29-9-10-30(43)38-32(29)44/h3-8,12-13,22,24,26,29,37H,9-11,14-19H2,1-2H3,(H,38,43,44)/t22-,24+,29?/m1/s1. The average molecular weight is 705 g/mol. The highest BCUT2D eigenvalue weighted by Crippen LogP contribution is 2.32. The number of halogens is 1. The zero-order chi connectivity index (χ0) is 32.8. The Bertz CT molecular complexity index is 1770. The van der Waals surface area contributed by atoms with Crippen LogP contribution in [0, 0.1) is 0 Å². The number of aryl methyl sites for hydroxylation is 1. The van der Waals surface area contributed by atoms with Crippen molar-refractivity contribution in [2.45, 2.75) is 56.5 Å². The topological polar surface area (TPSA) is 129 Å². The van der Waals surface area contributed by atoms with E-state index in [-0.39, 0.29) is 35.9 Å². The lowest BCUT2D eigenvalue weighted by molar-refractivity contribution is -0.136. The number of likely N-dealkylation sites (N-methyl/N-ethyl adjacent to an activating group) is 1. The van der Waals surface area contributed by atoms with Crippen LogP contribution in [0.1, 0.15) is 52.2 Å². The molecule has 7 rings (SSSR count). The van der Waals surface area contributed by atoms with Crippen molar-refractivity contribution in [1.29, 1.82) is 0 Å². The van der Waals surface area contributed by atoms with Crippen LogP contribution in [0.2, 0.25) is 0 Å². The van der Waals surface area contributed by atoms with Crippen molar-refractivity contribution in [2.24, 2.45) is 7.05 Å². The van der Waals surface area contributed by atoms with Gasteiger partial charge in [0.2, 0.25) is 11.8 Å². The zero-order valence-corrected chi connectivity index (χ0v) is 28.0. The number of fused-ring (bicyclic) bond motifs is 1. The van der Waals surface area contributed by atoms with Crippen LogP contribution in [-0.2, 0) is 29.7 Å². The molecule has 246 valence electrons. The number of ether oxygens (including phenoxy) is 1. The number of imide groups is 1. The summed E-state index contributed by atoms with van der Waals surface area (Å²) in [6, 6.07) is 14.0. The van der Waals surface area contributed by atoms with Gasteiger partial charge in [-0.15, -0.1) is 0 Å². The number of aromatic nitrogens is 2. The van der Waals surface area contributed by atoms with Crippen LogP contribution >= 0.6 is 15.9 Å². The lowest BCUT2D eigenvalue weighted by Crippen LogP contribution is -2.53. The summed E-state index contributed by atoms with van der Waals surface area (Å²) in [4.78, 5) is 55.4. The first-order valence-electron chi connectivity index (χ1n) is 16.0. The van der Waals surface area contributed by atoms with E-state index < -0.39 is 11.9 Å². The molecule has 4 aliphatic rings. The molecule has 3 fully saturated rings. The third-order valence-electron chi connectivity index (χ3n) is 9.65. The van der Waals surface area contributed by atoms with Gasteiger partial charge >= 0.3 is 0 Å². The fraction of sp³-hybridized carbons (Fsp3) is 0.441. The van der Waals surface area contributed by atoms with Crippen LogP contribution in [0.4, 0.5) is 5.69 Å². The smallest absolute Gasteiger partial charge is 0.282 e. The molecule has 1 aromatic heterocycles. The van der Waals surface area contributed by atoms with Gasteiger partial charge in [0, 0.05) is 64.3 Å². The van der Waals surface area contributed by atoms with Gasteiger partial charge in [0.25, 0.3) is 11.5 Å². The summed E-state index contributed by atoms with van der Waals surface area (Å²) in [7, 11) is 3.77. The Hall–Kier alpha value is -4.07. The summed E-state index contributed by atoms with van der Waals surface area (Å²) in [6.45, 7) is 4.67. The molecule has 0 saturated carbocycles. The van der Waals surface area contributed by atoms with Crippen LogP contribution in [-0.4, -0.2) is 93.6 Å². The summed E-state index contributed by atoms with van der Waals surface area (Å²) < 4.78 is 8.07. The number of nitrogens with one attached hydrogen (secondary N) is 2. The van der Waals surface area contributed by atoms with E-state index in [4.69, 9.17) is 4.74 Å². The Morgan fingerprint density at radius 2 is 1.81 bits per heavy atom. The van der Waals surface area contributed by atoms with Gasteiger partial charge in [-0.3, -0.25) is 29.4 Å². The molecule has 3 aromatic rings. The molecule has 0 bridgehead atoms. The van der Waals surface area contributed by atoms with E-state index in [1.165, 1.54) is 15.8 Å². The fourth-order valence-corrected chi connectivity index (χ4v) is 7.67. The second-order valence-electron chi connectivity index (χ2n) is 13.2. The molecule has 13 heteroatoms. The quantitative estimate of drug-likeness (QED) is 0.340. The maximum atomic E-state index is 13.0. The second kappa shape index (κ2) is 12.9. The highest BCUT2D eigenvalue weighted by molar-refractivity contribution is 9.10. The van der Waals surface area contributed by atoms with Gasteiger partial charge in [-0.25, -0.2) is 4.68 Å². The first kappa shape index (κ1) is 31.5. The number of carbonyl (C=O) groups excluding carboxylic acids is 3. The molecular weight excluding hydrogens is 666 g/mol. The number of benzene rings is 2. The van der Waals surface area contributed by atoms with E-state index in [0.29, 0.717) is 28.9 Å². The van der Waals surface area contributed by atoms with Crippen molar-refractivity contribution in [2.75, 3.05) is 38.5 Å². The van der Waals surface area contributed by atoms with Crippen molar-refractivity contribution in [1.82, 2.24) is 29.8 Å². The highest BCUT2D eigenvalue weighted by atomic mass is 79.9. The summed E-state index contributed by atoms with van der Waals surface area (Å²) >= 11 is 3.43. The number of amides is 3. The number of piperidine rings is 2. The molecule has 0 radical (unpaired) electrons. The number of nitrogens with zero attached hydrogens (tertiary/aromatic N) is 5. The molecule has 5 heterocycles. The van der Waals surface area contributed by atoms with E-state index in [1.807, 2.05) is 12.1 Å². The molecule has 2 aromatic carbocycles. The summed E-state index contributed by atoms with van der Waals surface area (Å²) in [6.07, 6.45) is 3.31. The molecule has 3 amide bonds. The average Bonchev–Trinajstić information content (AvgIpc) is 3.35. The summed E-state index contributed by atoms with van der Waals surface area (Å²) in [5.74, 6) is 0.217. The second-order valence-corrected chi connectivity index (χ2v) is 14.0. The minimum absolute atomic E-state index is 0.0675. The van der Waals surface area contributed by atoms with E-state index in [0.717, 1.165) is 56.1 Å². The van der Waals surface area contributed by atoms with Crippen molar-refractivity contribution < 1.29 is 19.1 Å². The maximum absolute atomic E-state index is 13.0. The molecule has 1 unspecified atom stereocenters. The Morgan fingerprint density at radius 3 is 2.57 bits per heavy atom. The molecule has 12 nitrogen and oxygen atoms in total. The molecule has 0 aliphatic carbocycles. The predicted octanol–water partition coefficient (Wildman–Crippen LogP) is 2.47. The van der Waals surface area contributed by atoms with Gasteiger partial charge in [0.15, 0.2) is 0 Å². The Labute approximate surface area is 281 Å². The summed E-state index contributed by atoms with van der Waals surface area (Å²) in [5, 5.41) is 10.0. The lowest BCUT2D eigenvalue weighted by atomic mass is 9.87. The van der Waals surface area contributed by atoms with Gasteiger partial charge in [-0.1, -0.05) is 24.3 Å². The molecule has 4 aliphatic heterocycles. The normalized spacial score (nSPS) is 23.8. The zero-order valence-electron chi connectivity index (χ0n) is 26.4. The molecule has 47 heavy (non-hydrogen) atoms. The van der Waals surface area contributed by atoms with Crippen molar-refractivity contribution >= 4 is 39.3 Å². The first-order valence-corrected chi connectivity index (χ1v) is 16.8. The van der Waals surface area contributed by atoms with Crippen LogP contribution < -0.4 is 20.9 Å². The van der Waals surface area contributed by atoms with E-state index in [1.54, 1.807) is 24.2 Å². The van der Waals surface area contributed by atoms with Crippen LogP contribution in [0.15, 0.2) is 57.9 Å². The third-order valence-corrected chi connectivity index (χ3v) is 10.4. The Kier molecular flexibility index (Phi) is 8.62. The van der Waals surface area contributed by atoms with Crippen molar-refractivity contribution in [3.8, 4) is 5.75 Å². The minimum atomic E-state index is -0.623. The number of hydrogen-bond acceptors (Lipinski definition) is 9. The molecule has 3 atom stereocenters. The SMILES string of the molecule is CN1C[C@@H](Nc2cnn(C)c(=O)c2Br)C[C@@H](c2ccc(CN3CC(Oc4ccc5c(c4)CN(C4CCC(=O)NC4=O)C5=O)C3)cc2)C1.